The van der Waals surface area contributed by atoms with E-state index in [1.54, 1.807) is 24.3 Å². The maximum Gasteiger partial charge on any atom is 0.339 e. The van der Waals surface area contributed by atoms with Crippen molar-refractivity contribution in [3.8, 4) is 5.75 Å². The fraction of sp³-hybridized carbons (Fsp3) is 0.250. The molecule has 0 saturated heterocycles. The van der Waals surface area contributed by atoms with E-state index in [1.165, 1.54) is 17.7 Å². The van der Waals surface area contributed by atoms with Gasteiger partial charge in [-0.25, -0.2) is 0 Å². The number of aryl methyl sites for hydroxylation is 1. The number of hydrogen-bond donors (Lipinski definition) is 0. The predicted octanol–water partition coefficient (Wildman–Crippen LogP) is 4.65. The first kappa shape index (κ1) is 16.0. The summed E-state index contributed by atoms with van der Waals surface area (Å²) >= 11 is 3.27. The molecule has 5 heteroatoms. The smallest absolute Gasteiger partial charge is 0.339 e. The SMILES string of the molecule is Cc1cc(OS(=O)(=O)c2ccc(Br)cc2)ccc1C(C)C. The van der Waals surface area contributed by atoms with Gasteiger partial charge in [0, 0.05) is 4.47 Å². The topological polar surface area (TPSA) is 43.4 Å². The van der Waals surface area contributed by atoms with Gasteiger partial charge < -0.3 is 4.18 Å². The Bertz CT molecular complexity index is 735. The van der Waals surface area contributed by atoms with E-state index in [0.717, 1.165) is 10.0 Å². The molecular formula is C16H17BrO3S. The molecule has 0 spiro atoms. The number of halogens is 1. The molecule has 0 aliphatic rings. The highest BCUT2D eigenvalue weighted by molar-refractivity contribution is 9.10. The maximum atomic E-state index is 12.2. The molecular weight excluding hydrogens is 352 g/mol. The van der Waals surface area contributed by atoms with E-state index >= 15 is 0 Å². The van der Waals surface area contributed by atoms with Crippen LogP contribution in [0.3, 0.4) is 0 Å². The minimum absolute atomic E-state index is 0.135. The molecule has 0 heterocycles. The van der Waals surface area contributed by atoms with E-state index in [9.17, 15) is 8.42 Å². The molecule has 21 heavy (non-hydrogen) atoms. The Morgan fingerprint density at radius 2 is 1.67 bits per heavy atom. The van der Waals surface area contributed by atoms with Crippen molar-refractivity contribution in [2.75, 3.05) is 0 Å². The van der Waals surface area contributed by atoms with Crippen molar-refractivity contribution in [1.29, 1.82) is 0 Å². The summed E-state index contributed by atoms with van der Waals surface area (Å²) in [6.45, 7) is 6.15. The zero-order chi connectivity index (χ0) is 15.6. The fourth-order valence-electron chi connectivity index (χ4n) is 2.12. The third kappa shape index (κ3) is 3.86. The molecule has 0 bridgehead atoms. The maximum absolute atomic E-state index is 12.2. The van der Waals surface area contributed by atoms with Gasteiger partial charge in [-0.05, 0) is 60.4 Å². The second-order valence-corrected chi connectivity index (χ2v) is 7.63. The van der Waals surface area contributed by atoms with Gasteiger partial charge in [0.2, 0.25) is 0 Å². The van der Waals surface area contributed by atoms with Crippen LogP contribution in [0, 0.1) is 6.92 Å². The van der Waals surface area contributed by atoms with Crippen LogP contribution in [0.1, 0.15) is 30.9 Å². The van der Waals surface area contributed by atoms with Gasteiger partial charge in [-0.15, -0.1) is 0 Å². The molecule has 2 aromatic rings. The highest BCUT2D eigenvalue weighted by atomic mass is 79.9. The van der Waals surface area contributed by atoms with Gasteiger partial charge in [-0.1, -0.05) is 35.8 Å². The van der Waals surface area contributed by atoms with Crippen LogP contribution in [-0.4, -0.2) is 8.42 Å². The third-order valence-electron chi connectivity index (χ3n) is 3.17. The van der Waals surface area contributed by atoms with Crippen LogP contribution in [0.4, 0.5) is 0 Å². The van der Waals surface area contributed by atoms with E-state index in [-0.39, 0.29) is 4.90 Å². The minimum atomic E-state index is -3.80. The average Bonchev–Trinajstić information content (AvgIpc) is 2.38. The van der Waals surface area contributed by atoms with E-state index in [0.29, 0.717) is 11.7 Å². The lowest BCUT2D eigenvalue weighted by atomic mass is 9.98. The van der Waals surface area contributed by atoms with Gasteiger partial charge in [0.15, 0.2) is 0 Å². The van der Waals surface area contributed by atoms with E-state index in [4.69, 9.17) is 4.18 Å². The number of benzene rings is 2. The van der Waals surface area contributed by atoms with Crippen LogP contribution in [0.2, 0.25) is 0 Å². The molecule has 0 radical (unpaired) electrons. The van der Waals surface area contributed by atoms with Crippen molar-refractivity contribution in [3.63, 3.8) is 0 Å². The van der Waals surface area contributed by atoms with Gasteiger partial charge in [-0.3, -0.25) is 0 Å². The van der Waals surface area contributed by atoms with E-state index < -0.39 is 10.1 Å². The van der Waals surface area contributed by atoms with Crippen molar-refractivity contribution in [2.24, 2.45) is 0 Å². The Morgan fingerprint density at radius 1 is 1.05 bits per heavy atom. The molecule has 2 rings (SSSR count). The van der Waals surface area contributed by atoms with Gasteiger partial charge in [0.1, 0.15) is 10.6 Å². The van der Waals surface area contributed by atoms with Gasteiger partial charge in [0.25, 0.3) is 0 Å². The summed E-state index contributed by atoms with van der Waals surface area (Å²) in [5.41, 5.74) is 2.21. The largest absolute Gasteiger partial charge is 0.379 e. The standard InChI is InChI=1S/C16H17BrO3S/c1-11(2)16-9-6-14(10-12(16)3)20-21(18,19)15-7-4-13(17)5-8-15/h4-11H,1-3H3. The first-order chi connectivity index (χ1) is 9.79. The quantitative estimate of drug-likeness (QED) is 0.737. The van der Waals surface area contributed by atoms with E-state index in [2.05, 4.69) is 29.8 Å². The molecule has 0 unspecified atom stereocenters. The molecule has 0 aliphatic heterocycles. The first-order valence-electron chi connectivity index (χ1n) is 6.60. The van der Waals surface area contributed by atoms with Crippen molar-refractivity contribution >= 4 is 26.0 Å². The van der Waals surface area contributed by atoms with Crippen LogP contribution < -0.4 is 4.18 Å². The Kier molecular flexibility index (Phi) is 4.74. The summed E-state index contributed by atoms with van der Waals surface area (Å²) in [7, 11) is -3.80. The Hall–Kier alpha value is -1.33. The Balaban J connectivity index is 2.29. The summed E-state index contributed by atoms with van der Waals surface area (Å²) in [5, 5.41) is 0. The average molecular weight is 369 g/mol. The first-order valence-corrected chi connectivity index (χ1v) is 8.80. The molecule has 0 aliphatic carbocycles. The Morgan fingerprint density at radius 3 is 2.19 bits per heavy atom. The molecule has 0 aromatic heterocycles. The van der Waals surface area contributed by atoms with Crippen LogP contribution in [0.15, 0.2) is 51.8 Å². The molecule has 112 valence electrons. The lowest BCUT2D eigenvalue weighted by Gasteiger charge is -2.12. The normalized spacial score (nSPS) is 11.7. The molecule has 3 nitrogen and oxygen atoms in total. The lowest BCUT2D eigenvalue weighted by Crippen LogP contribution is -2.10. The monoisotopic (exact) mass is 368 g/mol. The molecule has 2 aromatic carbocycles. The fourth-order valence-corrected chi connectivity index (χ4v) is 3.31. The second kappa shape index (κ2) is 6.20. The van der Waals surface area contributed by atoms with Crippen LogP contribution in [0.5, 0.6) is 5.75 Å². The van der Waals surface area contributed by atoms with Crippen molar-refractivity contribution in [3.05, 3.63) is 58.1 Å². The summed E-state index contributed by atoms with van der Waals surface area (Å²) in [4.78, 5) is 0.135. The van der Waals surface area contributed by atoms with Crippen LogP contribution in [0.25, 0.3) is 0 Å². The highest BCUT2D eigenvalue weighted by Crippen LogP contribution is 2.26. The van der Waals surface area contributed by atoms with Gasteiger partial charge in [0.05, 0.1) is 0 Å². The van der Waals surface area contributed by atoms with Gasteiger partial charge >= 0.3 is 10.1 Å². The third-order valence-corrected chi connectivity index (χ3v) is 4.96. The summed E-state index contributed by atoms with van der Waals surface area (Å²) in [6.07, 6.45) is 0. The summed E-state index contributed by atoms with van der Waals surface area (Å²) in [5.74, 6) is 0.724. The molecule has 0 amide bonds. The summed E-state index contributed by atoms with van der Waals surface area (Å²) < 4.78 is 30.4. The van der Waals surface area contributed by atoms with Crippen LogP contribution >= 0.6 is 15.9 Å². The summed E-state index contributed by atoms with van der Waals surface area (Å²) in [6, 6.07) is 11.7. The zero-order valence-electron chi connectivity index (χ0n) is 12.1. The molecule has 0 saturated carbocycles. The lowest BCUT2D eigenvalue weighted by molar-refractivity contribution is 0.485. The van der Waals surface area contributed by atoms with Crippen molar-refractivity contribution in [2.45, 2.75) is 31.6 Å². The van der Waals surface area contributed by atoms with Gasteiger partial charge in [-0.2, -0.15) is 8.42 Å². The second-order valence-electron chi connectivity index (χ2n) is 5.16. The minimum Gasteiger partial charge on any atom is -0.379 e. The Labute approximate surface area is 134 Å². The zero-order valence-corrected chi connectivity index (χ0v) is 14.5. The molecule has 0 N–H and O–H groups in total. The number of rotatable bonds is 4. The van der Waals surface area contributed by atoms with E-state index in [1.807, 2.05) is 13.0 Å². The van der Waals surface area contributed by atoms with Crippen molar-refractivity contribution in [1.82, 2.24) is 0 Å². The molecule has 0 atom stereocenters. The number of hydrogen-bond acceptors (Lipinski definition) is 3. The predicted molar refractivity (Wildman–Crippen MR) is 87.2 cm³/mol. The highest BCUT2D eigenvalue weighted by Gasteiger charge is 2.17. The van der Waals surface area contributed by atoms with Crippen LogP contribution in [-0.2, 0) is 10.1 Å². The van der Waals surface area contributed by atoms with Crippen molar-refractivity contribution < 1.29 is 12.6 Å². The molecule has 0 fully saturated rings.